The third kappa shape index (κ3) is 2.87. The van der Waals surface area contributed by atoms with E-state index in [2.05, 4.69) is 4.74 Å². The van der Waals surface area contributed by atoms with Crippen LogP contribution in [-0.2, 0) is 9.47 Å². The maximum Gasteiger partial charge on any atom is 0.459 e. The van der Waals surface area contributed by atoms with Gasteiger partial charge in [0.15, 0.2) is 0 Å². The first-order valence-electron chi connectivity index (χ1n) is 4.89. The normalized spacial score (nSPS) is 20.7. The molecule has 108 valence electrons. The lowest BCUT2D eigenvalue weighted by atomic mass is 9.90. The third-order valence-corrected chi connectivity index (χ3v) is 2.45. The summed E-state index contributed by atoms with van der Waals surface area (Å²) in [5.41, 5.74) is -0.608. The molecule has 1 aliphatic rings. The van der Waals surface area contributed by atoms with Crippen LogP contribution in [0.3, 0.4) is 0 Å². The third-order valence-electron chi connectivity index (χ3n) is 2.45. The molecule has 0 aromatic carbocycles. The van der Waals surface area contributed by atoms with E-state index in [9.17, 15) is 30.7 Å². The standard InChI is InChI=1S/C9H11F7O2/c1-6(2-17-3-6)4-18-5-7(10,11)8(12,13)9(14,15)16/h2-5H2,1H3. The highest BCUT2D eigenvalue weighted by atomic mass is 19.4. The van der Waals surface area contributed by atoms with E-state index in [-0.39, 0.29) is 19.8 Å². The molecule has 0 unspecified atom stereocenters. The molecule has 1 fully saturated rings. The Morgan fingerprint density at radius 2 is 1.56 bits per heavy atom. The molecule has 0 spiro atoms. The van der Waals surface area contributed by atoms with E-state index in [1.165, 1.54) is 0 Å². The quantitative estimate of drug-likeness (QED) is 0.723. The minimum absolute atomic E-state index is 0.189. The first-order chi connectivity index (χ1) is 7.91. The van der Waals surface area contributed by atoms with Gasteiger partial charge in [-0.15, -0.1) is 0 Å². The van der Waals surface area contributed by atoms with Gasteiger partial charge in [-0.3, -0.25) is 0 Å². The first kappa shape index (κ1) is 15.5. The number of halogens is 7. The van der Waals surface area contributed by atoms with Gasteiger partial charge in [0.05, 0.1) is 19.8 Å². The lowest BCUT2D eigenvalue weighted by molar-refractivity contribution is -0.362. The maximum atomic E-state index is 12.8. The van der Waals surface area contributed by atoms with E-state index in [0.717, 1.165) is 0 Å². The molecule has 1 heterocycles. The van der Waals surface area contributed by atoms with Crippen molar-refractivity contribution in [3.63, 3.8) is 0 Å². The summed E-state index contributed by atoms with van der Waals surface area (Å²) in [6, 6.07) is 0. The van der Waals surface area contributed by atoms with Crippen molar-refractivity contribution in [3.8, 4) is 0 Å². The molecule has 1 saturated heterocycles. The van der Waals surface area contributed by atoms with Crippen molar-refractivity contribution in [2.24, 2.45) is 5.41 Å². The lowest BCUT2D eigenvalue weighted by Gasteiger charge is -2.38. The molecule has 18 heavy (non-hydrogen) atoms. The van der Waals surface area contributed by atoms with Crippen LogP contribution in [0.5, 0.6) is 0 Å². The van der Waals surface area contributed by atoms with Gasteiger partial charge in [0, 0.05) is 5.41 Å². The van der Waals surface area contributed by atoms with Crippen molar-refractivity contribution in [1.29, 1.82) is 0 Å². The Morgan fingerprint density at radius 3 is 1.89 bits per heavy atom. The van der Waals surface area contributed by atoms with Crippen LogP contribution in [0.2, 0.25) is 0 Å². The molecule has 0 aliphatic carbocycles. The van der Waals surface area contributed by atoms with Gasteiger partial charge >= 0.3 is 18.0 Å². The zero-order chi connectivity index (χ0) is 14.2. The Balaban J connectivity index is 2.53. The van der Waals surface area contributed by atoms with Crippen molar-refractivity contribution in [1.82, 2.24) is 0 Å². The number of alkyl halides is 7. The van der Waals surface area contributed by atoms with Crippen molar-refractivity contribution in [2.75, 3.05) is 26.4 Å². The monoisotopic (exact) mass is 284 g/mol. The lowest BCUT2D eigenvalue weighted by Crippen LogP contribution is -2.55. The molecule has 0 atom stereocenters. The van der Waals surface area contributed by atoms with Crippen LogP contribution in [0.1, 0.15) is 6.92 Å². The SMILES string of the molecule is CC1(COCC(F)(F)C(F)(F)C(F)(F)F)COC1. The molecular weight excluding hydrogens is 273 g/mol. The van der Waals surface area contributed by atoms with E-state index in [0.29, 0.717) is 0 Å². The summed E-state index contributed by atoms with van der Waals surface area (Å²) in [6.07, 6.45) is -6.32. The Hall–Kier alpha value is -0.570. The van der Waals surface area contributed by atoms with Crippen LogP contribution >= 0.6 is 0 Å². The van der Waals surface area contributed by atoms with E-state index in [1.807, 2.05) is 0 Å². The summed E-state index contributed by atoms with van der Waals surface area (Å²) >= 11 is 0. The summed E-state index contributed by atoms with van der Waals surface area (Å²) in [5, 5.41) is 0. The molecule has 2 nitrogen and oxygen atoms in total. The molecule has 1 aliphatic heterocycles. The van der Waals surface area contributed by atoms with Gasteiger partial charge in [0.1, 0.15) is 6.61 Å². The Morgan fingerprint density at radius 1 is 1.06 bits per heavy atom. The number of hydrogen-bond donors (Lipinski definition) is 0. The van der Waals surface area contributed by atoms with Crippen LogP contribution in [0.4, 0.5) is 30.7 Å². The van der Waals surface area contributed by atoms with Gasteiger partial charge in [-0.05, 0) is 0 Å². The van der Waals surface area contributed by atoms with Crippen LogP contribution in [0.15, 0.2) is 0 Å². The van der Waals surface area contributed by atoms with Gasteiger partial charge in [-0.1, -0.05) is 6.92 Å². The van der Waals surface area contributed by atoms with Crippen molar-refractivity contribution in [2.45, 2.75) is 24.9 Å². The Labute approximate surface area is 98.0 Å². The van der Waals surface area contributed by atoms with Crippen LogP contribution in [0.25, 0.3) is 0 Å². The van der Waals surface area contributed by atoms with E-state index in [4.69, 9.17) is 4.74 Å². The number of rotatable bonds is 5. The fourth-order valence-electron chi connectivity index (χ4n) is 1.26. The van der Waals surface area contributed by atoms with E-state index in [1.54, 1.807) is 6.92 Å². The summed E-state index contributed by atoms with van der Waals surface area (Å²) in [4.78, 5) is 0. The number of hydrogen-bond acceptors (Lipinski definition) is 2. The largest absolute Gasteiger partial charge is 0.459 e. The van der Waals surface area contributed by atoms with Gasteiger partial charge in [-0.25, -0.2) is 0 Å². The average molecular weight is 284 g/mol. The molecule has 9 heteroatoms. The molecule has 1 rings (SSSR count). The zero-order valence-electron chi connectivity index (χ0n) is 9.29. The van der Waals surface area contributed by atoms with Gasteiger partial charge < -0.3 is 9.47 Å². The summed E-state index contributed by atoms with van der Waals surface area (Å²) in [6.45, 7) is -0.398. The fourth-order valence-corrected chi connectivity index (χ4v) is 1.26. The molecule has 0 aromatic heterocycles. The maximum absolute atomic E-state index is 12.8. The number of ether oxygens (including phenoxy) is 2. The minimum atomic E-state index is -6.32. The molecule has 0 N–H and O–H groups in total. The van der Waals surface area contributed by atoms with Gasteiger partial charge in [0.2, 0.25) is 0 Å². The second-order valence-corrected chi connectivity index (χ2v) is 4.57. The molecule has 0 amide bonds. The smallest absolute Gasteiger partial charge is 0.380 e. The first-order valence-corrected chi connectivity index (χ1v) is 4.89. The zero-order valence-corrected chi connectivity index (χ0v) is 9.29. The molecule has 0 radical (unpaired) electrons. The molecule has 0 aromatic rings. The molecular formula is C9H11F7O2. The Kier molecular flexibility index (Phi) is 3.89. The molecule has 0 bridgehead atoms. The predicted molar refractivity (Wildman–Crippen MR) is 45.7 cm³/mol. The minimum Gasteiger partial charge on any atom is -0.380 e. The summed E-state index contributed by atoms with van der Waals surface area (Å²) < 4.78 is 94.7. The average Bonchev–Trinajstić information content (AvgIpc) is 2.12. The van der Waals surface area contributed by atoms with Crippen LogP contribution in [0, 0.1) is 5.41 Å². The van der Waals surface area contributed by atoms with Gasteiger partial charge in [-0.2, -0.15) is 30.7 Å². The second kappa shape index (κ2) is 4.52. The predicted octanol–water partition coefficient (Wildman–Crippen LogP) is 2.87. The highest BCUT2D eigenvalue weighted by Crippen LogP contribution is 2.46. The van der Waals surface area contributed by atoms with Crippen LogP contribution in [-0.4, -0.2) is 44.4 Å². The van der Waals surface area contributed by atoms with Gasteiger partial charge in [0.25, 0.3) is 0 Å². The van der Waals surface area contributed by atoms with E-state index >= 15 is 0 Å². The molecule has 0 saturated carbocycles. The highest BCUT2D eigenvalue weighted by Gasteiger charge is 2.73. The van der Waals surface area contributed by atoms with Crippen molar-refractivity contribution in [3.05, 3.63) is 0 Å². The second-order valence-electron chi connectivity index (χ2n) is 4.57. The fraction of sp³-hybridized carbons (Fsp3) is 1.00. The van der Waals surface area contributed by atoms with Crippen molar-refractivity contribution >= 4 is 0 Å². The van der Waals surface area contributed by atoms with Crippen LogP contribution < -0.4 is 0 Å². The topological polar surface area (TPSA) is 18.5 Å². The van der Waals surface area contributed by atoms with Crippen molar-refractivity contribution < 1.29 is 40.2 Å². The van der Waals surface area contributed by atoms with E-state index < -0.39 is 30.0 Å². The summed E-state index contributed by atoms with van der Waals surface area (Å²) in [5.74, 6) is -11.4. The summed E-state index contributed by atoms with van der Waals surface area (Å²) in [7, 11) is 0. The highest BCUT2D eigenvalue weighted by molar-refractivity contribution is 4.91. The Bertz CT molecular complexity index is 296.